The van der Waals surface area contributed by atoms with Gasteiger partial charge in [-0.1, -0.05) is 17.2 Å². The van der Waals surface area contributed by atoms with Gasteiger partial charge >= 0.3 is 0 Å². The number of allylic oxidation sites excluding steroid dienone is 1. The maximum Gasteiger partial charge on any atom is 0.191 e. The maximum atomic E-state index is 6.39. The molecule has 1 aliphatic heterocycles. The second-order valence-electron chi connectivity index (χ2n) is 5.88. The smallest absolute Gasteiger partial charge is 0.191 e. The van der Waals surface area contributed by atoms with E-state index < -0.39 is 8.32 Å². The highest BCUT2D eigenvalue weighted by Crippen LogP contribution is 2.35. The van der Waals surface area contributed by atoms with E-state index in [0.717, 1.165) is 18.9 Å². The zero-order valence-corrected chi connectivity index (χ0v) is 11.8. The fourth-order valence-corrected chi connectivity index (χ4v) is 4.97. The summed E-state index contributed by atoms with van der Waals surface area (Å²) in [5.41, 5.74) is 2.67. The van der Waals surface area contributed by atoms with Crippen LogP contribution in [-0.4, -0.2) is 13.9 Å². The van der Waals surface area contributed by atoms with Crippen LogP contribution in [0.3, 0.4) is 0 Å². The summed E-state index contributed by atoms with van der Waals surface area (Å²) in [5.74, 6) is 0. The Labute approximate surface area is 95.4 Å². The average Bonchev–Trinajstić information content (AvgIpc) is 2.05. The summed E-state index contributed by atoms with van der Waals surface area (Å²) in [6.07, 6.45) is 4.40. The van der Waals surface area contributed by atoms with Gasteiger partial charge < -0.3 is 4.43 Å². The first-order chi connectivity index (χ1) is 6.72. The standard InChI is InChI=1S/C13H24OSi/c1-11(2)9-13(4)10-12(3)7-8-15(5,6)14-13/h7H,1,8-10H2,2-6H3/t13-/m1/s1. The van der Waals surface area contributed by atoms with Crippen molar-refractivity contribution in [3.8, 4) is 0 Å². The van der Waals surface area contributed by atoms with Crippen LogP contribution in [0.4, 0.5) is 0 Å². The molecule has 0 saturated heterocycles. The Morgan fingerprint density at radius 3 is 2.73 bits per heavy atom. The second kappa shape index (κ2) is 4.26. The third kappa shape index (κ3) is 3.96. The van der Waals surface area contributed by atoms with E-state index in [-0.39, 0.29) is 5.60 Å². The van der Waals surface area contributed by atoms with Crippen LogP contribution in [0.5, 0.6) is 0 Å². The van der Waals surface area contributed by atoms with E-state index in [1.54, 1.807) is 0 Å². The first-order valence-corrected chi connectivity index (χ1v) is 8.84. The zero-order chi connectivity index (χ0) is 11.7. The summed E-state index contributed by atoms with van der Waals surface area (Å²) in [5, 5.41) is 0. The molecule has 0 aromatic heterocycles. The van der Waals surface area contributed by atoms with Crippen molar-refractivity contribution in [2.45, 2.75) is 58.4 Å². The number of rotatable bonds is 2. The largest absolute Gasteiger partial charge is 0.411 e. The summed E-state index contributed by atoms with van der Waals surface area (Å²) < 4.78 is 6.39. The quantitative estimate of drug-likeness (QED) is 0.502. The molecule has 1 aliphatic rings. The Balaban J connectivity index is 2.88. The predicted octanol–water partition coefficient (Wildman–Crippen LogP) is 4.28. The van der Waals surface area contributed by atoms with Gasteiger partial charge in [0.15, 0.2) is 8.32 Å². The molecule has 0 aromatic rings. The van der Waals surface area contributed by atoms with Crippen LogP contribution in [0.2, 0.25) is 19.1 Å². The van der Waals surface area contributed by atoms with E-state index in [9.17, 15) is 0 Å². The Morgan fingerprint density at radius 2 is 2.20 bits per heavy atom. The third-order valence-electron chi connectivity index (χ3n) is 2.79. The fourth-order valence-electron chi connectivity index (χ4n) is 2.56. The van der Waals surface area contributed by atoms with E-state index in [4.69, 9.17) is 4.43 Å². The first-order valence-electron chi connectivity index (χ1n) is 5.73. The van der Waals surface area contributed by atoms with Gasteiger partial charge in [0.05, 0.1) is 5.60 Å². The van der Waals surface area contributed by atoms with Crippen LogP contribution in [0, 0.1) is 0 Å². The third-order valence-corrected chi connectivity index (χ3v) is 5.03. The average molecular weight is 224 g/mol. The molecule has 0 radical (unpaired) electrons. The summed E-state index contributed by atoms with van der Waals surface area (Å²) in [4.78, 5) is 0. The topological polar surface area (TPSA) is 9.23 Å². The lowest BCUT2D eigenvalue weighted by atomic mass is 9.91. The van der Waals surface area contributed by atoms with Crippen molar-refractivity contribution < 1.29 is 4.43 Å². The van der Waals surface area contributed by atoms with Gasteiger partial charge in [-0.3, -0.25) is 0 Å². The molecule has 0 aliphatic carbocycles. The van der Waals surface area contributed by atoms with Gasteiger partial charge in [0.2, 0.25) is 0 Å². The van der Waals surface area contributed by atoms with Crippen molar-refractivity contribution in [1.29, 1.82) is 0 Å². The molecule has 0 aromatic carbocycles. The molecule has 0 amide bonds. The highest BCUT2D eigenvalue weighted by molar-refractivity contribution is 6.71. The molecule has 0 fully saturated rings. The Morgan fingerprint density at radius 1 is 1.60 bits per heavy atom. The molecular formula is C13H24OSi. The van der Waals surface area contributed by atoms with Crippen molar-refractivity contribution >= 4 is 8.32 Å². The molecule has 86 valence electrons. The van der Waals surface area contributed by atoms with Crippen molar-refractivity contribution in [2.24, 2.45) is 0 Å². The summed E-state index contributed by atoms with van der Waals surface area (Å²) in [7, 11) is -1.50. The molecule has 1 rings (SSSR count). The maximum absolute atomic E-state index is 6.39. The van der Waals surface area contributed by atoms with Gasteiger partial charge in [0.1, 0.15) is 0 Å². The van der Waals surface area contributed by atoms with Crippen molar-refractivity contribution in [3.05, 3.63) is 23.8 Å². The second-order valence-corrected chi connectivity index (χ2v) is 10.0. The molecule has 1 heterocycles. The van der Waals surface area contributed by atoms with Crippen molar-refractivity contribution in [3.63, 3.8) is 0 Å². The molecular weight excluding hydrogens is 200 g/mol. The van der Waals surface area contributed by atoms with Gasteiger partial charge in [0.25, 0.3) is 0 Å². The van der Waals surface area contributed by atoms with Crippen LogP contribution >= 0.6 is 0 Å². The van der Waals surface area contributed by atoms with Crippen molar-refractivity contribution in [2.75, 3.05) is 0 Å². The zero-order valence-electron chi connectivity index (χ0n) is 10.8. The van der Waals surface area contributed by atoms with Gasteiger partial charge in [-0.2, -0.15) is 0 Å². The SMILES string of the molecule is C=C(C)C[C@]1(C)CC(C)=CC[Si](C)(C)O1. The van der Waals surface area contributed by atoms with Crippen LogP contribution in [-0.2, 0) is 4.43 Å². The van der Waals surface area contributed by atoms with Gasteiger partial charge in [-0.25, -0.2) is 0 Å². The minimum Gasteiger partial charge on any atom is -0.411 e. The predicted molar refractivity (Wildman–Crippen MR) is 69.6 cm³/mol. The number of hydrogen-bond acceptors (Lipinski definition) is 1. The van der Waals surface area contributed by atoms with Crippen LogP contribution in [0.25, 0.3) is 0 Å². The molecule has 15 heavy (non-hydrogen) atoms. The molecule has 0 spiro atoms. The normalized spacial score (nSPS) is 30.6. The molecule has 0 unspecified atom stereocenters. The lowest BCUT2D eigenvalue weighted by Gasteiger charge is -2.36. The van der Waals surface area contributed by atoms with E-state index in [2.05, 4.69) is 46.5 Å². The van der Waals surface area contributed by atoms with E-state index in [0.29, 0.717) is 0 Å². The molecule has 0 saturated carbocycles. The summed E-state index contributed by atoms with van der Waals surface area (Å²) in [6.45, 7) is 15.2. The Hall–Kier alpha value is -0.343. The van der Waals surface area contributed by atoms with Gasteiger partial charge in [-0.15, -0.1) is 6.58 Å². The van der Waals surface area contributed by atoms with Crippen LogP contribution in [0.15, 0.2) is 23.8 Å². The molecule has 1 nitrogen and oxygen atoms in total. The van der Waals surface area contributed by atoms with Crippen LogP contribution in [0.1, 0.15) is 33.6 Å². The van der Waals surface area contributed by atoms with Gasteiger partial charge in [0, 0.05) is 0 Å². The van der Waals surface area contributed by atoms with E-state index in [1.807, 2.05) is 0 Å². The molecule has 1 atom stereocenters. The van der Waals surface area contributed by atoms with Crippen molar-refractivity contribution in [1.82, 2.24) is 0 Å². The van der Waals surface area contributed by atoms with E-state index >= 15 is 0 Å². The summed E-state index contributed by atoms with van der Waals surface area (Å²) in [6, 6.07) is 1.14. The lowest BCUT2D eigenvalue weighted by molar-refractivity contribution is 0.0824. The first kappa shape index (κ1) is 12.7. The fraction of sp³-hybridized carbons (Fsp3) is 0.692. The molecule has 2 heteroatoms. The summed E-state index contributed by atoms with van der Waals surface area (Å²) >= 11 is 0. The molecule has 0 bridgehead atoms. The van der Waals surface area contributed by atoms with Gasteiger partial charge in [-0.05, 0) is 52.8 Å². The Kier molecular flexibility index (Phi) is 3.62. The highest BCUT2D eigenvalue weighted by atomic mass is 28.4. The minimum atomic E-state index is -1.50. The molecule has 0 N–H and O–H groups in total. The number of hydrogen-bond donors (Lipinski definition) is 0. The Bertz CT molecular complexity index is 291. The highest BCUT2D eigenvalue weighted by Gasteiger charge is 2.36. The van der Waals surface area contributed by atoms with E-state index in [1.165, 1.54) is 11.1 Å². The van der Waals surface area contributed by atoms with Crippen LogP contribution < -0.4 is 0 Å². The minimum absolute atomic E-state index is 0.0152. The monoisotopic (exact) mass is 224 g/mol. The lowest BCUT2D eigenvalue weighted by Crippen LogP contribution is -2.41.